The number of hydrogen-bond donors (Lipinski definition) is 2. The highest BCUT2D eigenvalue weighted by Crippen LogP contribution is 2.22. The molecule has 21 heavy (non-hydrogen) atoms. The van der Waals surface area contributed by atoms with E-state index in [-0.39, 0.29) is 17.3 Å². The number of nitrogens with one attached hydrogen (secondary N) is 1. The number of nitrogens with zero attached hydrogens (tertiary/aromatic N) is 1. The smallest absolute Gasteiger partial charge is 0.335 e. The zero-order chi connectivity index (χ0) is 15.4. The lowest BCUT2D eigenvalue weighted by molar-refractivity contribution is -0.384. The van der Waals surface area contributed by atoms with E-state index in [0.29, 0.717) is 5.69 Å². The second-order valence-electron chi connectivity index (χ2n) is 4.60. The van der Waals surface area contributed by atoms with Crippen molar-refractivity contribution in [3.63, 3.8) is 0 Å². The maximum atomic E-state index is 10.9. The van der Waals surface area contributed by atoms with Gasteiger partial charge in [0.15, 0.2) is 0 Å². The molecule has 0 heterocycles. The summed E-state index contributed by atoms with van der Waals surface area (Å²) in [5, 5.41) is 22.7. The topological polar surface area (TPSA) is 92.5 Å². The third-order valence-corrected chi connectivity index (χ3v) is 3.10. The molecule has 0 radical (unpaired) electrons. The third-order valence-electron chi connectivity index (χ3n) is 3.10. The van der Waals surface area contributed by atoms with Crippen LogP contribution in [0.15, 0.2) is 48.5 Å². The first-order chi connectivity index (χ1) is 9.97. The standard InChI is InChI=1S/C15H14N2O4/c1-10(11-5-7-14(8-6-11)17(20)21)16-13-4-2-3-12(9-13)15(18)19/h2-10,16H,1H3,(H,18,19). The van der Waals surface area contributed by atoms with E-state index in [9.17, 15) is 14.9 Å². The predicted octanol–water partition coefficient (Wildman–Crippen LogP) is 3.47. The number of nitro groups is 1. The molecule has 2 aromatic carbocycles. The molecule has 6 heteroatoms. The Kier molecular flexibility index (Phi) is 4.18. The highest BCUT2D eigenvalue weighted by molar-refractivity contribution is 5.88. The van der Waals surface area contributed by atoms with E-state index < -0.39 is 10.9 Å². The average molecular weight is 286 g/mol. The monoisotopic (exact) mass is 286 g/mol. The van der Waals surface area contributed by atoms with Gasteiger partial charge >= 0.3 is 5.97 Å². The number of aromatic carboxylic acids is 1. The molecule has 0 amide bonds. The van der Waals surface area contributed by atoms with Crippen molar-refractivity contribution in [2.75, 3.05) is 5.32 Å². The Hall–Kier alpha value is -2.89. The summed E-state index contributed by atoms with van der Waals surface area (Å²) in [6.07, 6.45) is 0. The number of non-ortho nitro benzene ring substituents is 1. The van der Waals surface area contributed by atoms with Crippen LogP contribution in [0.25, 0.3) is 0 Å². The first-order valence-electron chi connectivity index (χ1n) is 6.31. The number of carboxylic acids is 1. The second kappa shape index (κ2) is 6.04. The van der Waals surface area contributed by atoms with Crippen LogP contribution in [0.3, 0.4) is 0 Å². The first kappa shape index (κ1) is 14.5. The highest BCUT2D eigenvalue weighted by Gasteiger charge is 2.10. The van der Waals surface area contributed by atoms with Crippen molar-refractivity contribution < 1.29 is 14.8 Å². The lowest BCUT2D eigenvalue weighted by Gasteiger charge is -2.16. The van der Waals surface area contributed by atoms with Gasteiger partial charge in [0.1, 0.15) is 0 Å². The van der Waals surface area contributed by atoms with Crippen LogP contribution in [0, 0.1) is 10.1 Å². The Morgan fingerprint density at radius 2 is 1.90 bits per heavy atom. The molecule has 1 atom stereocenters. The fourth-order valence-corrected chi connectivity index (χ4v) is 1.96. The summed E-state index contributed by atoms with van der Waals surface area (Å²) in [5.74, 6) is -0.985. The minimum atomic E-state index is -0.985. The molecule has 6 nitrogen and oxygen atoms in total. The quantitative estimate of drug-likeness (QED) is 0.648. The summed E-state index contributed by atoms with van der Waals surface area (Å²) in [6, 6.07) is 12.6. The number of rotatable bonds is 5. The van der Waals surface area contributed by atoms with Crippen molar-refractivity contribution in [1.29, 1.82) is 0 Å². The molecule has 0 aromatic heterocycles. The zero-order valence-electron chi connectivity index (χ0n) is 11.3. The van der Waals surface area contributed by atoms with Gasteiger partial charge in [-0.25, -0.2) is 4.79 Å². The normalized spacial score (nSPS) is 11.7. The summed E-state index contributed by atoms with van der Waals surface area (Å²) >= 11 is 0. The van der Waals surface area contributed by atoms with E-state index in [4.69, 9.17) is 5.11 Å². The number of carboxylic acid groups (broad SMARTS) is 1. The minimum absolute atomic E-state index is 0.0406. The molecular weight excluding hydrogens is 272 g/mol. The molecule has 0 aliphatic heterocycles. The van der Waals surface area contributed by atoms with Gasteiger partial charge in [-0.1, -0.05) is 18.2 Å². The summed E-state index contributed by atoms with van der Waals surface area (Å²) in [5.41, 5.74) is 1.80. The number of hydrogen-bond acceptors (Lipinski definition) is 4. The van der Waals surface area contributed by atoms with Gasteiger partial charge in [-0.2, -0.15) is 0 Å². The first-order valence-corrected chi connectivity index (χ1v) is 6.31. The SMILES string of the molecule is CC(Nc1cccc(C(=O)O)c1)c1ccc([N+](=O)[O-])cc1. The molecule has 0 saturated heterocycles. The van der Waals surface area contributed by atoms with E-state index in [0.717, 1.165) is 5.56 Å². The van der Waals surface area contributed by atoms with Gasteiger partial charge in [-0.15, -0.1) is 0 Å². The van der Waals surface area contributed by atoms with Crippen LogP contribution < -0.4 is 5.32 Å². The van der Waals surface area contributed by atoms with Crippen LogP contribution in [0.5, 0.6) is 0 Å². The molecular formula is C15H14N2O4. The molecule has 0 spiro atoms. The van der Waals surface area contributed by atoms with Crippen LogP contribution in [0.4, 0.5) is 11.4 Å². The third kappa shape index (κ3) is 3.56. The molecule has 2 N–H and O–H groups in total. The molecule has 108 valence electrons. The van der Waals surface area contributed by atoms with Gasteiger partial charge in [-0.3, -0.25) is 10.1 Å². The number of carbonyl (C=O) groups is 1. The Labute approximate surface area is 121 Å². The minimum Gasteiger partial charge on any atom is -0.478 e. The van der Waals surface area contributed by atoms with Crippen molar-refractivity contribution in [2.45, 2.75) is 13.0 Å². The zero-order valence-corrected chi connectivity index (χ0v) is 11.3. The summed E-state index contributed by atoms with van der Waals surface area (Å²) in [7, 11) is 0. The second-order valence-corrected chi connectivity index (χ2v) is 4.60. The Bertz CT molecular complexity index is 668. The lowest BCUT2D eigenvalue weighted by Crippen LogP contribution is -2.07. The van der Waals surface area contributed by atoms with Gasteiger partial charge in [0.05, 0.1) is 10.5 Å². The Morgan fingerprint density at radius 3 is 2.48 bits per heavy atom. The fourth-order valence-electron chi connectivity index (χ4n) is 1.96. The molecule has 1 unspecified atom stereocenters. The maximum absolute atomic E-state index is 10.9. The van der Waals surface area contributed by atoms with Crippen molar-refractivity contribution in [2.24, 2.45) is 0 Å². The molecule has 2 aromatic rings. The van der Waals surface area contributed by atoms with Crippen LogP contribution >= 0.6 is 0 Å². The Morgan fingerprint density at radius 1 is 1.24 bits per heavy atom. The van der Waals surface area contributed by atoms with Crippen LogP contribution in [0.2, 0.25) is 0 Å². The molecule has 0 fully saturated rings. The van der Waals surface area contributed by atoms with Gasteiger partial charge in [0.25, 0.3) is 5.69 Å². The maximum Gasteiger partial charge on any atom is 0.335 e. The van der Waals surface area contributed by atoms with Crippen molar-refractivity contribution in [3.8, 4) is 0 Å². The van der Waals surface area contributed by atoms with Gasteiger partial charge in [-0.05, 0) is 30.7 Å². The number of nitro benzene ring substituents is 1. The van der Waals surface area contributed by atoms with Crippen LogP contribution in [0.1, 0.15) is 28.9 Å². The molecule has 0 bridgehead atoms. The van der Waals surface area contributed by atoms with Crippen LogP contribution in [-0.2, 0) is 0 Å². The molecule has 0 aliphatic rings. The summed E-state index contributed by atoms with van der Waals surface area (Å²) in [6.45, 7) is 1.90. The van der Waals surface area contributed by atoms with Crippen molar-refractivity contribution in [1.82, 2.24) is 0 Å². The van der Waals surface area contributed by atoms with E-state index in [1.165, 1.54) is 18.2 Å². The van der Waals surface area contributed by atoms with Crippen molar-refractivity contribution in [3.05, 3.63) is 69.8 Å². The summed E-state index contributed by atoms with van der Waals surface area (Å²) < 4.78 is 0. The van der Waals surface area contributed by atoms with Gasteiger partial charge in [0.2, 0.25) is 0 Å². The van der Waals surface area contributed by atoms with E-state index in [1.807, 2.05) is 6.92 Å². The molecule has 0 saturated carbocycles. The average Bonchev–Trinajstić information content (AvgIpc) is 2.47. The largest absolute Gasteiger partial charge is 0.478 e. The predicted molar refractivity (Wildman–Crippen MR) is 78.5 cm³/mol. The van der Waals surface area contributed by atoms with Crippen LogP contribution in [-0.4, -0.2) is 16.0 Å². The molecule has 2 rings (SSSR count). The fraction of sp³-hybridized carbons (Fsp3) is 0.133. The van der Waals surface area contributed by atoms with Gasteiger partial charge in [0, 0.05) is 23.9 Å². The number of anilines is 1. The Balaban J connectivity index is 2.13. The van der Waals surface area contributed by atoms with Gasteiger partial charge < -0.3 is 10.4 Å². The van der Waals surface area contributed by atoms with E-state index in [2.05, 4.69) is 5.32 Å². The van der Waals surface area contributed by atoms with E-state index >= 15 is 0 Å². The highest BCUT2D eigenvalue weighted by atomic mass is 16.6. The lowest BCUT2D eigenvalue weighted by atomic mass is 10.1. The molecule has 0 aliphatic carbocycles. The van der Waals surface area contributed by atoms with E-state index in [1.54, 1.807) is 30.3 Å². The summed E-state index contributed by atoms with van der Waals surface area (Å²) in [4.78, 5) is 21.1. The number of benzene rings is 2. The van der Waals surface area contributed by atoms with Crippen molar-refractivity contribution >= 4 is 17.3 Å².